The third kappa shape index (κ3) is 3.28. The van der Waals surface area contributed by atoms with Crippen LogP contribution in [-0.2, 0) is 9.59 Å². The first kappa shape index (κ1) is 19.6. The van der Waals surface area contributed by atoms with E-state index in [0.29, 0.717) is 29.5 Å². The number of rotatable bonds is 5. The Hall–Kier alpha value is -1.75. The maximum absolute atomic E-state index is 13.1. The van der Waals surface area contributed by atoms with Gasteiger partial charge in [0.15, 0.2) is 5.60 Å². The van der Waals surface area contributed by atoms with Gasteiger partial charge in [-0.15, -0.1) is 0 Å². The molecule has 0 aromatic heterocycles. The molecule has 4 aliphatic carbocycles. The molecule has 4 saturated carbocycles. The first-order valence-corrected chi connectivity index (χ1v) is 10.5. The highest BCUT2D eigenvalue weighted by atomic mass is 35.5. The highest BCUT2D eigenvalue weighted by Gasteiger charge is 2.59. The zero-order valence-corrected chi connectivity index (χ0v) is 17.4. The first-order chi connectivity index (χ1) is 13.1. The van der Waals surface area contributed by atoms with E-state index in [1.54, 1.807) is 26.0 Å². The second-order valence-electron chi connectivity index (χ2n) is 9.58. The highest BCUT2D eigenvalue weighted by Crippen LogP contribution is 2.60. The van der Waals surface area contributed by atoms with E-state index < -0.39 is 17.0 Å². The molecule has 0 heterocycles. The maximum atomic E-state index is 13.1. The van der Waals surface area contributed by atoms with E-state index >= 15 is 0 Å². The fourth-order valence-corrected chi connectivity index (χ4v) is 6.12. The van der Waals surface area contributed by atoms with Gasteiger partial charge in [0.1, 0.15) is 5.75 Å². The van der Waals surface area contributed by atoms with Crippen LogP contribution in [0.25, 0.3) is 0 Å². The summed E-state index contributed by atoms with van der Waals surface area (Å²) in [5.74, 6) is 0.822. The number of carbonyl (C=O) groups excluding carboxylic acids is 1. The van der Waals surface area contributed by atoms with E-state index in [9.17, 15) is 14.7 Å². The van der Waals surface area contributed by atoms with E-state index in [1.807, 2.05) is 13.0 Å². The molecule has 5 nitrogen and oxygen atoms in total. The zero-order chi connectivity index (χ0) is 20.3. The van der Waals surface area contributed by atoms with Crippen molar-refractivity contribution in [3.63, 3.8) is 0 Å². The Kier molecular flexibility index (Phi) is 4.65. The van der Waals surface area contributed by atoms with Gasteiger partial charge in [-0.1, -0.05) is 11.6 Å². The number of aryl methyl sites for hydroxylation is 1. The van der Waals surface area contributed by atoms with Gasteiger partial charge in [-0.2, -0.15) is 0 Å². The highest BCUT2D eigenvalue weighted by molar-refractivity contribution is 6.30. The van der Waals surface area contributed by atoms with Crippen LogP contribution in [0.2, 0.25) is 5.02 Å². The van der Waals surface area contributed by atoms with Crippen LogP contribution in [0.3, 0.4) is 0 Å². The number of carboxylic acid groups (broad SMARTS) is 1. The van der Waals surface area contributed by atoms with Crippen molar-refractivity contribution in [1.82, 2.24) is 5.32 Å². The van der Waals surface area contributed by atoms with Crippen molar-refractivity contribution in [2.75, 3.05) is 0 Å². The molecule has 1 aromatic rings. The van der Waals surface area contributed by atoms with Gasteiger partial charge in [-0.05, 0) is 94.4 Å². The summed E-state index contributed by atoms with van der Waals surface area (Å²) in [6, 6.07) is 5.40. The monoisotopic (exact) mass is 405 g/mol. The summed E-state index contributed by atoms with van der Waals surface area (Å²) < 4.78 is 6.04. The molecular weight excluding hydrogens is 378 g/mol. The Morgan fingerprint density at radius 2 is 1.86 bits per heavy atom. The molecule has 0 radical (unpaired) electrons. The van der Waals surface area contributed by atoms with Gasteiger partial charge in [-0.3, -0.25) is 9.59 Å². The molecule has 1 aromatic carbocycles. The summed E-state index contributed by atoms with van der Waals surface area (Å²) in [4.78, 5) is 25.0. The SMILES string of the molecule is Cc1cc(Cl)ccc1OC(C)(C)C(=O)NC1C2CC3CC1CC(C(=O)O)(C3)C2. The third-order valence-electron chi connectivity index (χ3n) is 7.07. The second-order valence-corrected chi connectivity index (χ2v) is 10.0. The molecule has 2 unspecified atom stereocenters. The third-order valence-corrected chi connectivity index (χ3v) is 7.31. The topological polar surface area (TPSA) is 75.6 Å². The van der Waals surface area contributed by atoms with Gasteiger partial charge in [0.05, 0.1) is 5.41 Å². The van der Waals surface area contributed by atoms with Gasteiger partial charge >= 0.3 is 5.97 Å². The standard InChI is InChI=1S/C22H28ClNO4/c1-12-6-16(23)4-5-17(12)28-21(2,3)19(25)24-18-14-7-13-8-15(18)11-22(9-13,10-14)20(26)27/h4-6,13-15,18H,7-11H2,1-3H3,(H,24,25)(H,26,27). The lowest BCUT2D eigenvalue weighted by molar-refractivity contribution is -0.168. The summed E-state index contributed by atoms with van der Waals surface area (Å²) >= 11 is 6.01. The van der Waals surface area contributed by atoms with E-state index in [0.717, 1.165) is 24.8 Å². The quantitative estimate of drug-likeness (QED) is 0.769. The molecule has 28 heavy (non-hydrogen) atoms. The number of amides is 1. The largest absolute Gasteiger partial charge is 0.481 e. The van der Waals surface area contributed by atoms with E-state index in [1.165, 1.54) is 0 Å². The Bertz CT molecular complexity index is 805. The lowest BCUT2D eigenvalue weighted by atomic mass is 9.48. The van der Waals surface area contributed by atoms with Crippen molar-refractivity contribution in [2.24, 2.45) is 23.2 Å². The Balaban J connectivity index is 1.47. The molecule has 152 valence electrons. The summed E-state index contributed by atoms with van der Waals surface area (Å²) in [7, 11) is 0. The number of carboxylic acids is 1. The molecule has 5 rings (SSSR count). The average molecular weight is 406 g/mol. The average Bonchev–Trinajstić information content (AvgIpc) is 2.59. The van der Waals surface area contributed by atoms with Crippen LogP contribution in [0.4, 0.5) is 0 Å². The number of benzene rings is 1. The molecule has 0 saturated heterocycles. The van der Waals surface area contributed by atoms with Gasteiger partial charge in [0.25, 0.3) is 5.91 Å². The molecule has 6 heteroatoms. The van der Waals surface area contributed by atoms with Crippen LogP contribution in [0, 0.1) is 30.1 Å². The maximum Gasteiger partial charge on any atom is 0.309 e. The number of carbonyl (C=O) groups is 2. The fourth-order valence-electron chi connectivity index (χ4n) is 5.90. The normalized spacial score (nSPS) is 33.6. The molecule has 4 bridgehead atoms. The second kappa shape index (κ2) is 6.65. The lowest BCUT2D eigenvalue weighted by Crippen LogP contribution is -2.63. The van der Waals surface area contributed by atoms with Crippen molar-refractivity contribution >= 4 is 23.5 Å². The Morgan fingerprint density at radius 3 is 2.43 bits per heavy atom. The van der Waals surface area contributed by atoms with Crippen LogP contribution in [0.5, 0.6) is 5.75 Å². The number of hydrogen-bond donors (Lipinski definition) is 2. The van der Waals surface area contributed by atoms with Crippen molar-refractivity contribution in [3.05, 3.63) is 28.8 Å². The number of nitrogens with one attached hydrogen (secondary N) is 1. The molecule has 4 aliphatic rings. The summed E-state index contributed by atoms with van der Waals surface area (Å²) in [5.41, 5.74) is -0.714. The van der Waals surface area contributed by atoms with Crippen LogP contribution >= 0.6 is 11.6 Å². The van der Waals surface area contributed by atoms with Crippen molar-refractivity contribution < 1.29 is 19.4 Å². The van der Waals surface area contributed by atoms with Crippen molar-refractivity contribution in [1.29, 1.82) is 0 Å². The molecular formula is C22H28ClNO4. The number of ether oxygens (including phenoxy) is 1. The minimum absolute atomic E-state index is 0.0470. The number of hydrogen-bond acceptors (Lipinski definition) is 3. The molecule has 0 aliphatic heterocycles. The van der Waals surface area contributed by atoms with E-state index in [4.69, 9.17) is 16.3 Å². The van der Waals surface area contributed by atoms with Gasteiger partial charge in [0.2, 0.25) is 0 Å². The van der Waals surface area contributed by atoms with Crippen LogP contribution < -0.4 is 10.1 Å². The molecule has 0 spiro atoms. The molecule has 2 N–H and O–H groups in total. The van der Waals surface area contributed by atoms with Crippen molar-refractivity contribution in [3.8, 4) is 5.75 Å². The predicted molar refractivity (Wildman–Crippen MR) is 106 cm³/mol. The first-order valence-electron chi connectivity index (χ1n) is 10.1. The number of halogens is 1. The lowest BCUT2D eigenvalue weighted by Gasteiger charge is -2.58. The van der Waals surface area contributed by atoms with Gasteiger partial charge in [-0.25, -0.2) is 0 Å². The van der Waals surface area contributed by atoms with Gasteiger partial charge in [0, 0.05) is 11.1 Å². The minimum atomic E-state index is -1.03. The van der Waals surface area contributed by atoms with E-state index in [2.05, 4.69) is 5.32 Å². The summed E-state index contributed by atoms with van der Waals surface area (Å²) in [5, 5.41) is 13.6. The molecule has 1 amide bonds. The number of aliphatic carboxylic acids is 1. The predicted octanol–water partition coefficient (Wildman–Crippen LogP) is 4.20. The van der Waals surface area contributed by atoms with Crippen molar-refractivity contribution in [2.45, 2.75) is 64.5 Å². The Labute approximate surface area is 170 Å². The van der Waals surface area contributed by atoms with Crippen LogP contribution in [0.15, 0.2) is 18.2 Å². The minimum Gasteiger partial charge on any atom is -0.481 e. The summed E-state index contributed by atoms with van der Waals surface area (Å²) in [6.45, 7) is 5.44. The van der Waals surface area contributed by atoms with Crippen LogP contribution in [-0.4, -0.2) is 28.6 Å². The van der Waals surface area contributed by atoms with Crippen LogP contribution in [0.1, 0.15) is 51.5 Å². The van der Waals surface area contributed by atoms with E-state index in [-0.39, 0.29) is 23.8 Å². The Morgan fingerprint density at radius 1 is 1.21 bits per heavy atom. The smallest absolute Gasteiger partial charge is 0.309 e. The van der Waals surface area contributed by atoms with Gasteiger partial charge < -0.3 is 15.2 Å². The zero-order valence-electron chi connectivity index (χ0n) is 16.6. The summed E-state index contributed by atoms with van der Waals surface area (Å²) in [6.07, 6.45) is 4.21. The molecule has 4 fully saturated rings. The molecule has 2 atom stereocenters. The fraction of sp³-hybridized carbons (Fsp3) is 0.636.